The Bertz CT molecular complexity index is 861. The van der Waals surface area contributed by atoms with Crippen molar-refractivity contribution >= 4 is 17.6 Å². The maximum Gasteiger partial charge on any atom is 0.239 e. The minimum atomic E-state index is -0.120. The maximum absolute atomic E-state index is 12.6. The lowest BCUT2D eigenvalue weighted by Crippen LogP contribution is -2.51. The van der Waals surface area contributed by atoms with Crippen molar-refractivity contribution < 1.29 is 18.8 Å². The van der Waals surface area contributed by atoms with Crippen molar-refractivity contribution in [1.29, 1.82) is 0 Å². The summed E-state index contributed by atoms with van der Waals surface area (Å²) in [5.41, 5.74) is 1.03. The molecule has 1 aliphatic heterocycles. The lowest BCUT2D eigenvalue weighted by Gasteiger charge is -2.34. The molecule has 1 N–H and O–H groups in total. The molecule has 0 radical (unpaired) electrons. The second-order valence-electron chi connectivity index (χ2n) is 7.52. The number of carbonyl (C=O) groups excluding carboxylic acids is 2. The smallest absolute Gasteiger partial charge is 0.239 e. The molecule has 2 aromatic rings. The van der Waals surface area contributed by atoms with E-state index in [-0.39, 0.29) is 11.8 Å². The SMILES string of the molecule is COc1cccc(CN(C)C(=O)CN2CCN(CC(=O)Nc3cc(C)on3)CC2)c1. The minimum absolute atomic E-state index is 0.0745. The van der Waals surface area contributed by atoms with Crippen molar-refractivity contribution in [2.75, 3.05) is 58.7 Å². The van der Waals surface area contributed by atoms with Crippen LogP contribution < -0.4 is 10.1 Å². The maximum atomic E-state index is 12.6. The van der Waals surface area contributed by atoms with Crippen molar-refractivity contribution in [3.05, 3.63) is 41.7 Å². The number of amides is 2. The number of nitrogens with one attached hydrogen (secondary N) is 1. The molecule has 30 heavy (non-hydrogen) atoms. The Morgan fingerprint density at radius 1 is 1.17 bits per heavy atom. The standard InChI is InChI=1S/C21H29N5O4/c1-16-11-19(23-30-16)22-20(27)14-25-7-9-26(10-8-25)15-21(28)24(2)13-17-5-4-6-18(12-17)29-3/h4-6,11-12H,7-10,13-15H2,1-3H3,(H,22,23,27). The molecule has 2 heterocycles. The van der Waals surface area contributed by atoms with E-state index in [1.807, 2.05) is 31.3 Å². The Balaban J connectivity index is 1.39. The van der Waals surface area contributed by atoms with Crippen LogP contribution in [0.2, 0.25) is 0 Å². The third-order valence-electron chi connectivity index (χ3n) is 5.07. The Morgan fingerprint density at radius 3 is 2.50 bits per heavy atom. The number of piperazine rings is 1. The van der Waals surface area contributed by atoms with Gasteiger partial charge in [0, 0.05) is 45.8 Å². The van der Waals surface area contributed by atoms with E-state index in [9.17, 15) is 9.59 Å². The van der Waals surface area contributed by atoms with Crippen molar-refractivity contribution in [2.24, 2.45) is 0 Å². The van der Waals surface area contributed by atoms with E-state index in [0.717, 1.165) is 37.5 Å². The zero-order valence-electron chi connectivity index (χ0n) is 17.8. The topological polar surface area (TPSA) is 91.2 Å². The van der Waals surface area contributed by atoms with Gasteiger partial charge < -0.3 is 19.5 Å². The molecule has 9 heteroatoms. The second kappa shape index (κ2) is 10.2. The van der Waals surface area contributed by atoms with Gasteiger partial charge in [0.25, 0.3) is 0 Å². The molecule has 1 aromatic carbocycles. The van der Waals surface area contributed by atoms with E-state index < -0.39 is 0 Å². The van der Waals surface area contributed by atoms with Crippen LogP contribution in [0.15, 0.2) is 34.9 Å². The van der Waals surface area contributed by atoms with Crippen LogP contribution in [-0.4, -0.2) is 85.1 Å². The van der Waals surface area contributed by atoms with Gasteiger partial charge in [-0.25, -0.2) is 0 Å². The number of rotatable bonds is 8. The Hall–Kier alpha value is -2.91. The highest BCUT2D eigenvalue weighted by Gasteiger charge is 2.22. The van der Waals surface area contributed by atoms with Gasteiger partial charge in [-0.2, -0.15) is 0 Å². The molecule has 2 amide bonds. The number of anilines is 1. The van der Waals surface area contributed by atoms with Gasteiger partial charge in [0.15, 0.2) is 5.82 Å². The molecule has 3 rings (SSSR count). The first kappa shape index (κ1) is 21.8. The average Bonchev–Trinajstić information content (AvgIpc) is 3.13. The van der Waals surface area contributed by atoms with Crippen LogP contribution in [0.4, 0.5) is 5.82 Å². The van der Waals surface area contributed by atoms with E-state index in [1.54, 1.807) is 25.0 Å². The zero-order valence-corrected chi connectivity index (χ0v) is 17.8. The summed E-state index contributed by atoms with van der Waals surface area (Å²) in [5.74, 6) is 1.82. The summed E-state index contributed by atoms with van der Waals surface area (Å²) in [7, 11) is 3.45. The number of likely N-dealkylation sites (N-methyl/N-ethyl adjacent to an activating group) is 1. The number of carbonyl (C=O) groups is 2. The largest absolute Gasteiger partial charge is 0.497 e. The normalized spacial score (nSPS) is 15.0. The fourth-order valence-electron chi connectivity index (χ4n) is 3.36. The minimum Gasteiger partial charge on any atom is -0.497 e. The molecule has 1 aliphatic rings. The monoisotopic (exact) mass is 415 g/mol. The summed E-state index contributed by atoms with van der Waals surface area (Å²) >= 11 is 0. The fourth-order valence-corrected chi connectivity index (χ4v) is 3.36. The first-order chi connectivity index (χ1) is 14.4. The van der Waals surface area contributed by atoms with Gasteiger partial charge in [0.05, 0.1) is 20.2 Å². The highest BCUT2D eigenvalue weighted by Crippen LogP contribution is 2.14. The molecule has 0 spiro atoms. The Kier molecular flexibility index (Phi) is 7.42. The van der Waals surface area contributed by atoms with Gasteiger partial charge in [0.1, 0.15) is 11.5 Å². The van der Waals surface area contributed by atoms with Crippen LogP contribution in [0.3, 0.4) is 0 Å². The van der Waals surface area contributed by atoms with Crippen LogP contribution in [0.1, 0.15) is 11.3 Å². The van der Waals surface area contributed by atoms with Gasteiger partial charge in [-0.15, -0.1) is 0 Å². The molecule has 9 nitrogen and oxygen atoms in total. The molecule has 162 valence electrons. The third kappa shape index (κ3) is 6.30. The zero-order chi connectivity index (χ0) is 21.5. The average molecular weight is 415 g/mol. The van der Waals surface area contributed by atoms with Crippen LogP contribution >= 0.6 is 0 Å². The highest BCUT2D eigenvalue weighted by molar-refractivity contribution is 5.91. The summed E-state index contributed by atoms with van der Waals surface area (Å²) in [6.45, 7) is 5.94. The number of aryl methyl sites for hydroxylation is 1. The molecule has 1 saturated heterocycles. The lowest BCUT2D eigenvalue weighted by atomic mass is 10.2. The predicted octanol–water partition coefficient (Wildman–Crippen LogP) is 1.21. The second-order valence-corrected chi connectivity index (χ2v) is 7.52. The molecule has 1 aromatic heterocycles. The first-order valence-electron chi connectivity index (χ1n) is 9.97. The number of nitrogens with zero attached hydrogens (tertiary/aromatic N) is 4. The van der Waals surface area contributed by atoms with E-state index >= 15 is 0 Å². The summed E-state index contributed by atoms with van der Waals surface area (Å²) in [4.78, 5) is 30.7. The molecule has 0 saturated carbocycles. The predicted molar refractivity (Wildman–Crippen MR) is 112 cm³/mol. The van der Waals surface area contributed by atoms with Gasteiger partial charge in [-0.05, 0) is 24.6 Å². The number of ether oxygens (including phenoxy) is 1. The Morgan fingerprint density at radius 2 is 1.87 bits per heavy atom. The van der Waals surface area contributed by atoms with Gasteiger partial charge in [-0.1, -0.05) is 17.3 Å². The molecule has 0 atom stereocenters. The molecule has 0 unspecified atom stereocenters. The van der Waals surface area contributed by atoms with E-state index in [0.29, 0.717) is 31.2 Å². The number of benzene rings is 1. The number of hydrogen-bond acceptors (Lipinski definition) is 7. The van der Waals surface area contributed by atoms with Crippen molar-refractivity contribution in [3.8, 4) is 5.75 Å². The lowest BCUT2D eigenvalue weighted by molar-refractivity contribution is -0.132. The van der Waals surface area contributed by atoms with Crippen molar-refractivity contribution in [2.45, 2.75) is 13.5 Å². The molecular weight excluding hydrogens is 386 g/mol. The van der Waals surface area contributed by atoms with Gasteiger partial charge in [-0.3, -0.25) is 19.4 Å². The van der Waals surface area contributed by atoms with E-state index in [1.165, 1.54) is 0 Å². The van der Waals surface area contributed by atoms with Crippen LogP contribution in [0, 0.1) is 6.92 Å². The van der Waals surface area contributed by atoms with Crippen LogP contribution in [0.5, 0.6) is 5.75 Å². The van der Waals surface area contributed by atoms with Crippen molar-refractivity contribution in [1.82, 2.24) is 19.9 Å². The highest BCUT2D eigenvalue weighted by atomic mass is 16.5. The molecule has 0 aliphatic carbocycles. The van der Waals surface area contributed by atoms with Crippen LogP contribution in [-0.2, 0) is 16.1 Å². The Labute approximate surface area is 176 Å². The number of hydrogen-bond donors (Lipinski definition) is 1. The third-order valence-corrected chi connectivity index (χ3v) is 5.07. The van der Waals surface area contributed by atoms with Crippen LogP contribution in [0.25, 0.3) is 0 Å². The van der Waals surface area contributed by atoms with Crippen molar-refractivity contribution in [3.63, 3.8) is 0 Å². The summed E-state index contributed by atoms with van der Waals surface area (Å²) in [6.07, 6.45) is 0. The summed E-state index contributed by atoms with van der Waals surface area (Å²) in [6, 6.07) is 9.41. The van der Waals surface area contributed by atoms with E-state index in [2.05, 4.69) is 20.3 Å². The first-order valence-corrected chi connectivity index (χ1v) is 9.97. The van der Waals surface area contributed by atoms with Gasteiger partial charge in [0.2, 0.25) is 11.8 Å². The molecule has 0 bridgehead atoms. The quantitative estimate of drug-likeness (QED) is 0.693. The number of methoxy groups -OCH3 is 1. The van der Waals surface area contributed by atoms with Gasteiger partial charge >= 0.3 is 0 Å². The molecular formula is C21H29N5O4. The summed E-state index contributed by atoms with van der Waals surface area (Å²) < 4.78 is 10.2. The molecule has 1 fully saturated rings. The fraction of sp³-hybridized carbons (Fsp3) is 0.476. The summed E-state index contributed by atoms with van der Waals surface area (Å²) in [5, 5.41) is 6.50. The number of aromatic nitrogens is 1. The van der Waals surface area contributed by atoms with E-state index in [4.69, 9.17) is 9.26 Å².